The number of carbonyl (C=O) groups excluding carboxylic acids is 1. The van der Waals surface area contributed by atoms with Crippen LogP contribution in [-0.2, 0) is 33.9 Å². The topological polar surface area (TPSA) is 124 Å². The van der Waals surface area contributed by atoms with Gasteiger partial charge in [0.2, 0.25) is 0 Å². The van der Waals surface area contributed by atoms with Crippen LogP contribution in [0.5, 0.6) is 0 Å². The Bertz CT molecular complexity index is 2020. The van der Waals surface area contributed by atoms with Gasteiger partial charge in [-0.25, -0.2) is 27.1 Å². The molecule has 51 heavy (non-hydrogen) atoms. The Morgan fingerprint density at radius 3 is 2.29 bits per heavy atom. The highest BCUT2D eigenvalue weighted by molar-refractivity contribution is 7.90. The van der Waals surface area contributed by atoms with E-state index in [1.54, 1.807) is 26.8 Å². The van der Waals surface area contributed by atoms with Gasteiger partial charge in [0.25, 0.3) is 10.0 Å². The van der Waals surface area contributed by atoms with Crippen LogP contribution in [0.4, 0.5) is 28.0 Å². The van der Waals surface area contributed by atoms with Crippen molar-refractivity contribution in [2.75, 3.05) is 11.9 Å². The maximum Gasteiger partial charge on any atom is 0.421 e. The molecular weight excluding hydrogens is 690 g/mol. The number of hydrogen-bond donors (Lipinski definition) is 2. The van der Waals surface area contributed by atoms with Crippen LogP contribution in [0.1, 0.15) is 83.7 Å². The van der Waals surface area contributed by atoms with E-state index in [0.717, 1.165) is 40.6 Å². The molecule has 1 heterocycles. The van der Waals surface area contributed by atoms with E-state index in [1.165, 1.54) is 42.5 Å². The molecule has 4 aromatic rings. The second-order valence-electron chi connectivity index (χ2n) is 13.1. The summed E-state index contributed by atoms with van der Waals surface area (Å²) in [5.41, 5.74) is -2.64. The SMILES string of the molecule is CCCCCNc1ccc(C(F)(F)F)c(-n2nc(CCCC)n(Cc3ccc(-c4ccccc4S(=O)(=O)NC(=O)OC(C)(C)C)cc3F)c2=O)c1. The second kappa shape index (κ2) is 16.1. The summed E-state index contributed by atoms with van der Waals surface area (Å²) in [6, 6.07) is 13.1. The molecule has 2 N–H and O–H groups in total. The summed E-state index contributed by atoms with van der Waals surface area (Å²) in [6.45, 7) is 8.87. The first kappa shape index (κ1) is 39.1. The number of anilines is 1. The van der Waals surface area contributed by atoms with Crippen LogP contribution in [0.3, 0.4) is 0 Å². The number of rotatable bonds is 14. The third-order valence-electron chi connectivity index (χ3n) is 7.82. The van der Waals surface area contributed by atoms with Gasteiger partial charge < -0.3 is 10.1 Å². The van der Waals surface area contributed by atoms with Crippen LogP contribution in [0, 0.1) is 5.82 Å². The molecule has 10 nitrogen and oxygen atoms in total. The van der Waals surface area contributed by atoms with Gasteiger partial charge in [0.1, 0.15) is 17.2 Å². The zero-order chi connectivity index (χ0) is 37.6. The zero-order valence-electron chi connectivity index (χ0n) is 29.2. The number of aromatic nitrogens is 3. The molecule has 1 aromatic heterocycles. The van der Waals surface area contributed by atoms with E-state index in [0.29, 0.717) is 25.1 Å². The standard InChI is InChI=1S/C36H43F4N5O5S/c1-6-8-12-20-41-26-18-19-28(36(38,39)40)30(22-26)45-34(47)44(32(42-45)15-9-7-2)23-25-17-16-24(21-29(25)37)27-13-10-11-14-31(27)51(48,49)43-33(46)50-35(3,4)5/h10-11,13-14,16-19,21-22,41H,6-9,12,15,20,23H2,1-5H3,(H,43,46). The van der Waals surface area contributed by atoms with E-state index in [1.807, 2.05) is 18.6 Å². The first-order valence-corrected chi connectivity index (χ1v) is 18.2. The predicted octanol–water partition coefficient (Wildman–Crippen LogP) is 8.07. The molecule has 0 atom stereocenters. The average Bonchev–Trinajstić information content (AvgIpc) is 3.35. The molecule has 276 valence electrons. The minimum absolute atomic E-state index is 0.0211. The first-order chi connectivity index (χ1) is 23.9. The molecule has 1 amide bonds. The fourth-order valence-corrected chi connectivity index (χ4v) is 6.46. The van der Waals surface area contributed by atoms with Crippen molar-refractivity contribution in [3.8, 4) is 16.8 Å². The number of aryl methyl sites for hydroxylation is 1. The van der Waals surface area contributed by atoms with Crippen molar-refractivity contribution in [1.82, 2.24) is 19.1 Å². The van der Waals surface area contributed by atoms with Gasteiger partial charge in [0.05, 0.1) is 22.7 Å². The van der Waals surface area contributed by atoms with Gasteiger partial charge in [0.15, 0.2) is 0 Å². The van der Waals surface area contributed by atoms with Crippen molar-refractivity contribution in [3.05, 3.63) is 93.9 Å². The average molecular weight is 734 g/mol. The number of nitrogens with zero attached hydrogens (tertiary/aromatic N) is 3. The smallest absolute Gasteiger partial charge is 0.421 e. The number of benzene rings is 3. The van der Waals surface area contributed by atoms with Gasteiger partial charge in [-0.2, -0.15) is 17.9 Å². The maximum absolute atomic E-state index is 15.8. The Hall–Kier alpha value is -4.66. The highest BCUT2D eigenvalue weighted by atomic mass is 32.2. The third kappa shape index (κ3) is 9.99. The van der Waals surface area contributed by atoms with Crippen molar-refractivity contribution >= 4 is 21.8 Å². The summed E-state index contributed by atoms with van der Waals surface area (Å²) in [5, 5.41) is 7.43. The van der Waals surface area contributed by atoms with Crippen LogP contribution in [0.25, 0.3) is 16.8 Å². The fourth-order valence-electron chi connectivity index (χ4n) is 5.35. The lowest BCUT2D eigenvalue weighted by Crippen LogP contribution is -2.36. The Balaban J connectivity index is 1.72. The lowest BCUT2D eigenvalue weighted by molar-refractivity contribution is -0.137. The molecule has 4 rings (SSSR count). The van der Waals surface area contributed by atoms with E-state index in [-0.39, 0.29) is 40.4 Å². The molecule has 0 saturated heterocycles. The maximum atomic E-state index is 15.8. The van der Waals surface area contributed by atoms with Gasteiger partial charge in [-0.15, -0.1) is 5.10 Å². The lowest BCUT2D eigenvalue weighted by Gasteiger charge is -2.20. The van der Waals surface area contributed by atoms with Crippen molar-refractivity contribution in [1.29, 1.82) is 0 Å². The molecule has 0 bridgehead atoms. The molecule has 0 radical (unpaired) electrons. The van der Waals surface area contributed by atoms with E-state index >= 15 is 4.39 Å². The van der Waals surface area contributed by atoms with Crippen LogP contribution >= 0.6 is 0 Å². The molecule has 0 aliphatic heterocycles. The van der Waals surface area contributed by atoms with Crippen molar-refractivity contribution in [2.45, 2.75) is 96.4 Å². The van der Waals surface area contributed by atoms with Gasteiger partial charge in [-0.3, -0.25) is 4.57 Å². The summed E-state index contributed by atoms with van der Waals surface area (Å²) in [5.74, 6) is -0.612. The molecule has 0 aliphatic carbocycles. The number of unbranched alkanes of at least 4 members (excludes halogenated alkanes) is 3. The predicted molar refractivity (Wildman–Crippen MR) is 187 cm³/mol. The quantitative estimate of drug-likeness (QED) is 0.0993. The molecular formula is C36H43F4N5O5S. The van der Waals surface area contributed by atoms with Gasteiger partial charge in [0, 0.05) is 29.8 Å². The molecule has 0 aliphatic rings. The van der Waals surface area contributed by atoms with Crippen LogP contribution in [0.15, 0.2) is 70.4 Å². The molecule has 0 spiro atoms. The molecule has 15 heteroatoms. The minimum atomic E-state index is -4.78. The van der Waals surface area contributed by atoms with Crippen LogP contribution < -0.4 is 15.7 Å². The Morgan fingerprint density at radius 2 is 1.65 bits per heavy atom. The largest absolute Gasteiger partial charge is 0.443 e. The number of alkyl halides is 3. The monoisotopic (exact) mass is 733 g/mol. The van der Waals surface area contributed by atoms with E-state index in [2.05, 4.69) is 10.4 Å². The fraction of sp³-hybridized carbons (Fsp3) is 0.417. The van der Waals surface area contributed by atoms with Gasteiger partial charge in [-0.1, -0.05) is 63.4 Å². The summed E-state index contributed by atoms with van der Waals surface area (Å²) < 4.78 is 93.5. The molecule has 3 aromatic carbocycles. The van der Waals surface area contributed by atoms with Crippen molar-refractivity contribution in [3.63, 3.8) is 0 Å². The number of hydrogen-bond acceptors (Lipinski definition) is 7. The summed E-state index contributed by atoms with van der Waals surface area (Å²) in [7, 11) is -4.44. The van der Waals surface area contributed by atoms with E-state index in [4.69, 9.17) is 4.74 Å². The minimum Gasteiger partial charge on any atom is -0.443 e. The normalized spacial score (nSPS) is 12.2. The molecule has 0 fully saturated rings. The summed E-state index contributed by atoms with van der Waals surface area (Å²) >= 11 is 0. The van der Waals surface area contributed by atoms with Crippen LogP contribution in [-0.4, -0.2) is 41.0 Å². The number of sulfonamides is 1. The number of amides is 1. The Morgan fingerprint density at radius 1 is 0.941 bits per heavy atom. The number of carbonyl (C=O) groups is 1. The number of ether oxygens (including phenoxy) is 1. The van der Waals surface area contributed by atoms with Gasteiger partial charge in [-0.05, 0) is 69.5 Å². The van der Waals surface area contributed by atoms with Gasteiger partial charge >= 0.3 is 18.0 Å². The highest BCUT2D eigenvalue weighted by Crippen LogP contribution is 2.35. The first-order valence-electron chi connectivity index (χ1n) is 16.7. The van der Waals surface area contributed by atoms with Crippen molar-refractivity contribution in [2.24, 2.45) is 0 Å². The summed E-state index contributed by atoms with van der Waals surface area (Å²) in [6.07, 6.45) is -1.69. The number of halogens is 4. The van der Waals surface area contributed by atoms with E-state index in [9.17, 15) is 31.2 Å². The Labute approximate surface area is 294 Å². The van der Waals surface area contributed by atoms with E-state index < -0.39 is 50.7 Å². The van der Waals surface area contributed by atoms with Crippen molar-refractivity contribution < 1.29 is 35.5 Å². The highest BCUT2D eigenvalue weighted by Gasteiger charge is 2.35. The Kier molecular flexibility index (Phi) is 12.4. The second-order valence-corrected chi connectivity index (χ2v) is 14.7. The lowest BCUT2D eigenvalue weighted by atomic mass is 10.0. The molecule has 0 saturated carbocycles. The van der Waals surface area contributed by atoms with Crippen LogP contribution in [0.2, 0.25) is 0 Å². The summed E-state index contributed by atoms with van der Waals surface area (Å²) in [4.78, 5) is 25.8. The molecule has 0 unspecified atom stereocenters. The number of nitrogens with one attached hydrogen (secondary N) is 2. The third-order valence-corrected chi connectivity index (χ3v) is 9.19. The zero-order valence-corrected chi connectivity index (χ0v) is 30.0.